The van der Waals surface area contributed by atoms with E-state index in [1.807, 2.05) is 13.8 Å². The molecule has 3 unspecified atom stereocenters. The Morgan fingerprint density at radius 1 is 1.44 bits per heavy atom. The summed E-state index contributed by atoms with van der Waals surface area (Å²) in [5.41, 5.74) is 5.14. The zero-order valence-electron chi connectivity index (χ0n) is 10.3. The van der Waals surface area contributed by atoms with Crippen molar-refractivity contribution in [1.29, 1.82) is 0 Å². The van der Waals surface area contributed by atoms with E-state index in [-0.39, 0.29) is 17.0 Å². The first-order valence-electron chi connectivity index (χ1n) is 5.66. The first-order chi connectivity index (χ1) is 8.24. The summed E-state index contributed by atoms with van der Waals surface area (Å²) in [6.07, 6.45) is -4.49. The minimum atomic E-state index is -4.49. The van der Waals surface area contributed by atoms with E-state index in [0.717, 1.165) is 0 Å². The van der Waals surface area contributed by atoms with Gasteiger partial charge >= 0.3 is 6.18 Å². The summed E-state index contributed by atoms with van der Waals surface area (Å²) in [7, 11) is 0. The van der Waals surface area contributed by atoms with Crippen molar-refractivity contribution >= 4 is 17.6 Å². The normalized spacial score (nSPS) is 29.3. The minimum Gasteiger partial charge on any atom is -0.409 e. The molecule has 106 valence electrons. The number of oxime groups is 1. The van der Waals surface area contributed by atoms with Crippen molar-refractivity contribution in [3.05, 3.63) is 0 Å². The minimum absolute atomic E-state index is 0.255. The van der Waals surface area contributed by atoms with Crippen LogP contribution in [-0.2, 0) is 0 Å². The van der Waals surface area contributed by atoms with Crippen LogP contribution < -0.4 is 5.73 Å². The largest absolute Gasteiger partial charge is 0.409 e. The maximum Gasteiger partial charge on any atom is 0.400 e. The predicted octanol–water partition coefficient (Wildman–Crippen LogP) is 1.74. The van der Waals surface area contributed by atoms with Gasteiger partial charge in [0.15, 0.2) is 5.84 Å². The van der Waals surface area contributed by atoms with Crippen LogP contribution in [0.15, 0.2) is 5.16 Å². The van der Waals surface area contributed by atoms with Gasteiger partial charge in [-0.1, -0.05) is 19.0 Å². The van der Waals surface area contributed by atoms with Crippen LogP contribution in [0.3, 0.4) is 0 Å². The van der Waals surface area contributed by atoms with Crippen molar-refractivity contribution in [3.63, 3.8) is 0 Å². The molecule has 0 saturated carbocycles. The molecular formula is C10H18F3N3OS. The molecule has 0 aliphatic carbocycles. The third kappa shape index (κ3) is 4.24. The quantitative estimate of drug-likeness (QED) is 0.359. The second-order valence-corrected chi connectivity index (χ2v) is 6.48. The van der Waals surface area contributed by atoms with Crippen molar-refractivity contribution in [1.82, 2.24) is 4.90 Å². The number of amidine groups is 1. The second-order valence-electron chi connectivity index (χ2n) is 4.59. The maximum absolute atomic E-state index is 12.8. The average molecular weight is 285 g/mol. The van der Waals surface area contributed by atoms with Crippen LogP contribution in [0, 0.1) is 5.92 Å². The van der Waals surface area contributed by atoms with E-state index >= 15 is 0 Å². The monoisotopic (exact) mass is 285 g/mol. The highest BCUT2D eigenvalue weighted by atomic mass is 32.2. The number of thioether (sulfide) groups is 1. The van der Waals surface area contributed by atoms with Gasteiger partial charge in [0, 0.05) is 30.1 Å². The molecule has 0 aromatic heterocycles. The predicted molar refractivity (Wildman–Crippen MR) is 65.9 cm³/mol. The Morgan fingerprint density at radius 2 is 1.94 bits per heavy atom. The molecule has 1 aliphatic rings. The lowest BCUT2D eigenvalue weighted by Crippen LogP contribution is -2.49. The molecule has 3 N–H and O–H groups in total. The maximum atomic E-state index is 12.8. The van der Waals surface area contributed by atoms with Crippen LogP contribution in [0.25, 0.3) is 0 Å². The first-order valence-corrected chi connectivity index (χ1v) is 6.60. The summed E-state index contributed by atoms with van der Waals surface area (Å²) in [6.45, 7) is 4.88. The zero-order valence-corrected chi connectivity index (χ0v) is 11.1. The molecule has 4 nitrogen and oxygen atoms in total. The molecule has 1 aliphatic heterocycles. The summed E-state index contributed by atoms with van der Waals surface area (Å²) in [6, 6.07) is 0. The van der Waals surface area contributed by atoms with E-state index in [2.05, 4.69) is 5.16 Å². The number of hydrogen-bond acceptors (Lipinski definition) is 4. The molecule has 8 heteroatoms. The zero-order chi connectivity index (χ0) is 13.9. The average Bonchev–Trinajstić information content (AvgIpc) is 2.22. The topological polar surface area (TPSA) is 61.8 Å². The van der Waals surface area contributed by atoms with E-state index < -0.39 is 17.9 Å². The highest BCUT2D eigenvalue weighted by Crippen LogP contribution is 2.30. The molecule has 0 bridgehead atoms. The van der Waals surface area contributed by atoms with Crippen LogP contribution in [-0.4, -0.2) is 52.3 Å². The van der Waals surface area contributed by atoms with Gasteiger partial charge < -0.3 is 15.8 Å². The highest BCUT2D eigenvalue weighted by Gasteiger charge is 2.44. The summed E-state index contributed by atoms with van der Waals surface area (Å²) >= 11 is 1.76. The van der Waals surface area contributed by atoms with Gasteiger partial charge in [-0.2, -0.15) is 24.9 Å². The van der Waals surface area contributed by atoms with Crippen molar-refractivity contribution < 1.29 is 18.4 Å². The van der Waals surface area contributed by atoms with E-state index in [9.17, 15) is 13.2 Å². The first kappa shape index (κ1) is 15.4. The molecule has 3 atom stereocenters. The molecular weight excluding hydrogens is 267 g/mol. The van der Waals surface area contributed by atoms with Crippen molar-refractivity contribution in [3.8, 4) is 0 Å². The van der Waals surface area contributed by atoms with Crippen LogP contribution in [0.4, 0.5) is 13.2 Å². The van der Waals surface area contributed by atoms with E-state index in [4.69, 9.17) is 10.9 Å². The van der Waals surface area contributed by atoms with Gasteiger partial charge in [-0.05, 0) is 0 Å². The van der Waals surface area contributed by atoms with Gasteiger partial charge in [0.2, 0.25) is 0 Å². The van der Waals surface area contributed by atoms with Crippen LogP contribution in [0.1, 0.15) is 13.8 Å². The van der Waals surface area contributed by atoms with Gasteiger partial charge in [-0.3, -0.25) is 0 Å². The van der Waals surface area contributed by atoms with Crippen molar-refractivity contribution in [2.45, 2.75) is 30.5 Å². The number of nitrogens with two attached hydrogens (primary N) is 1. The van der Waals surface area contributed by atoms with E-state index in [1.54, 1.807) is 16.7 Å². The fourth-order valence-electron chi connectivity index (χ4n) is 2.13. The summed E-state index contributed by atoms with van der Waals surface area (Å²) < 4.78 is 38.4. The lowest BCUT2D eigenvalue weighted by molar-refractivity contribution is -0.160. The molecule has 1 fully saturated rings. The Labute approximate surface area is 108 Å². The molecule has 1 saturated heterocycles. The molecule has 0 amide bonds. The molecule has 0 aromatic rings. The standard InChI is InChI=1S/C10H18F3N3OS/c1-6-3-16(4-7(2)18-6)5-8(9(14)15-17)10(11,12)13/h6-8,17H,3-5H2,1-2H3,(H2,14,15). The van der Waals surface area contributed by atoms with Gasteiger partial charge in [-0.25, -0.2) is 0 Å². The van der Waals surface area contributed by atoms with Gasteiger partial charge in [0.05, 0.1) is 0 Å². The Kier molecular flexibility index (Phi) is 5.15. The number of rotatable bonds is 3. The number of hydrogen-bond donors (Lipinski definition) is 2. The fraction of sp³-hybridized carbons (Fsp3) is 0.900. The van der Waals surface area contributed by atoms with Crippen LogP contribution >= 0.6 is 11.8 Å². The summed E-state index contributed by atoms with van der Waals surface area (Å²) in [4.78, 5) is 1.72. The van der Waals surface area contributed by atoms with E-state index in [1.165, 1.54) is 0 Å². The third-order valence-corrected chi connectivity index (χ3v) is 4.03. The molecule has 18 heavy (non-hydrogen) atoms. The van der Waals surface area contributed by atoms with Crippen molar-refractivity contribution in [2.24, 2.45) is 16.8 Å². The molecule has 0 spiro atoms. The summed E-state index contributed by atoms with van der Waals surface area (Å²) in [5.74, 6) is -2.69. The Hall–Kier alpha value is -0.630. The Balaban J connectivity index is 2.72. The molecule has 0 aromatic carbocycles. The SMILES string of the molecule is CC1CN(CC(C(N)=NO)C(F)(F)F)CC(C)S1. The molecule has 1 rings (SSSR count). The third-order valence-electron chi connectivity index (χ3n) is 2.80. The van der Waals surface area contributed by atoms with Gasteiger partial charge in [0.25, 0.3) is 0 Å². The lowest BCUT2D eigenvalue weighted by atomic mass is 10.1. The second kappa shape index (κ2) is 6.01. The lowest BCUT2D eigenvalue weighted by Gasteiger charge is -2.36. The fourth-order valence-corrected chi connectivity index (χ4v) is 3.51. The van der Waals surface area contributed by atoms with Gasteiger partial charge in [-0.15, -0.1) is 0 Å². The van der Waals surface area contributed by atoms with Gasteiger partial charge in [0.1, 0.15) is 5.92 Å². The Morgan fingerprint density at radius 3 is 2.33 bits per heavy atom. The molecule has 1 heterocycles. The smallest absolute Gasteiger partial charge is 0.400 e. The van der Waals surface area contributed by atoms with E-state index in [0.29, 0.717) is 13.1 Å². The van der Waals surface area contributed by atoms with Crippen molar-refractivity contribution in [2.75, 3.05) is 19.6 Å². The molecule has 0 radical (unpaired) electrons. The number of alkyl halides is 3. The number of nitrogens with zero attached hydrogens (tertiary/aromatic N) is 2. The van der Waals surface area contributed by atoms with Crippen LogP contribution in [0.2, 0.25) is 0 Å². The van der Waals surface area contributed by atoms with Crippen LogP contribution in [0.5, 0.6) is 0 Å². The summed E-state index contributed by atoms with van der Waals surface area (Å²) in [5, 5.41) is 11.5. The highest BCUT2D eigenvalue weighted by molar-refractivity contribution is 8.00. The number of halogens is 3. The Bertz CT molecular complexity index is 301.